The van der Waals surface area contributed by atoms with Crippen LogP contribution in [-0.4, -0.2) is 64.9 Å². The maximum Gasteiger partial charge on any atom is 0.253 e. The van der Waals surface area contributed by atoms with Crippen LogP contribution in [0.2, 0.25) is 0 Å². The van der Waals surface area contributed by atoms with E-state index >= 15 is 0 Å². The predicted octanol–water partition coefficient (Wildman–Crippen LogP) is 1.78. The normalized spacial score (nSPS) is 28.2. The van der Waals surface area contributed by atoms with E-state index in [0.29, 0.717) is 30.5 Å². The van der Waals surface area contributed by atoms with Crippen molar-refractivity contribution in [2.24, 2.45) is 17.8 Å². The first-order chi connectivity index (χ1) is 13.0. The molecule has 1 aromatic heterocycles. The van der Waals surface area contributed by atoms with Gasteiger partial charge in [-0.3, -0.25) is 14.6 Å². The van der Waals surface area contributed by atoms with E-state index in [2.05, 4.69) is 29.0 Å². The lowest BCUT2D eigenvalue weighted by Gasteiger charge is -2.43. The van der Waals surface area contributed by atoms with Crippen LogP contribution in [0.5, 0.6) is 0 Å². The van der Waals surface area contributed by atoms with Gasteiger partial charge in [0.25, 0.3) is 5.91 Å². The SMILES string of the molecule is CCC(C)CN1C[C@H]2C(=O)NC3(CCN(C(=O)c4ccncc4)CC3)[C@H]2C1. The van der Waals surface area contributed by atoms with Crippen molar-refractivity contribution < 1.29 is 9.59 Å². The van der Waals surface area contributed by atoms with Gasteiger partial charge in [-0.05, 0) is 30.9 Å². The van der Waals surface area contributed by atoms with E-state index in [-0.39, 0.29) is 23.3 Å². The number of rotatable bonds is 4. The van der Waals surface area contributed by atoms with Crippen LogP contribution in [0.3, 0.4) is 0 Å². The molecule has 27 heavy (non-hydrogen) atoms. The van der Waals surface area contributed by atoms with Crippen molar-refractivity contribution in [3.8, 4) is 0 Å². The molecule has 146 valence electrons. The van der Waals surface area contributed by atoms with Gasteiger partial charge in [0.15, 0.2) is 0 Å². The molecule has 0 radical (unpaired) electrons. The highest BCUT2D eigenvalue weighted by atomic mass is 16.2. The highest BCUT2D eigenvalue weighted by Gasteiger charge is 2.57. The number of nitrogens with one attached hydrogen (secondary N) is 1. The molecule has 2 amide bonds. The summed E-state index contributed by atoms with van der Waals surface area (Å²) in [6.07, 6.45) is 6.20. The zero-order valence-corrected chi connectivity index (χ0v) is 16.4. The van der Waals surface area contributed by atoms with Crippen LogP contribution >= 0.6 is 0 Å². The number of nitrogens with zero attached hydrogens (tertiary/aromatic N) is 3. The first-order valence-electron chi connectivity index (χ1n) is 10.3. The summed E-state index contributed by atoms with van der Waals surface area (Å²) < 4.78 is 0. The summed E-state index contributed by atoms with van der Waals surface area (Å²) in [6, 6.07) is 3.54. The number of likely N-dealkylation sites (tertiary alicyclic amines) is 2. The number of amides is 2. The van der Waals surface area contributed by atoms with Gasteiger partial charge in [0.1, 0.15) is 0 Å². The third-order valence-electron chi connectivity index (χ3n) is 6.95. The molecule has 6 heteroatoms. The molecule has 3 aliphatic heterocycles. The van der Waals surface area contributed by atoms with E-state index in [0.717, 1.165) is 32.5 Å². The topological polar surface area (TPSA) is 65.5 Å². The molecule has 0 aromatic carbocycles. The van der Waals surface area contributed by atoms with Gasteiger partial charge in [-0.25, -0.2) is 0 Å². The van der Waals surface area contributed by atoms with Crippen molar-refractivity contribution in [3.63, 3.8) is 0 Å². The number of aromatic nitrogens is 1. The van der Waals surface area contributed by atoms with Crippen molar-refractivity contribution in [3.05, 3.63) is 30.1 Å². The standard InChI is InChI=1S/C21H30N4O2/c1-3-15(2)12-24-13-17-18(14-24)21(23-19(17)26)6-10-25(11-7-21)20(27)16-4-8-22-9-5-16/h4-5,8-9,15,17-18H,3,6-7,10-14H2,1-2H3,(H,23,26)/t15?,17-,18+/m1/s1. The summed E-state index contributed by atoms with van der Waals surface area (Å²) in [5.41, 5.74) is 0.566. The van der Waals surface area contributed by atoms with E-state index in [1.54, 1.807) is 24.5 Å². The number of piperidine rings is 1. The average Bonchev–Trinajstić information content (AvgIpc) is 3.22. The van der Waals surface area contributed by atoms with Gasteiger partial charge in [-0.2, -0.15) is 0 Å². The molecular formula is C21H30N4O2. The van der Waals surface area contributed by atoms with E-state index in [9.17, 15) is 9.59 Å². The zero-order chi connectivity index (χ0) is 19.0. The largest absolute Gasteiger partial charge is 0.350 e. The average molecular weight is 370 g/mol. The molecule has 6 nitrogen and oxygen atoms in total. The minimum absolute atomic E-state index is 0.0675. The van der Waals surface area contributed by atoms with Crippen molar-refractivity contribution >= 4 is 11.8 Å². The second-order valence-electron chi connectivity index (χ2n) is 8.62. The summed E-state index contributed by atoms with van der Waals surface area (Å²) in [5, 5.41) is 3.34. The fraction of sp³-hybridized carbons (Fsp3) is 0.667. The Morgan fingerprint density at radius 2 is 2.00 bits per heavy atom. The Morgan fingerprint density at radius 1 is 1.30 bits per heavy atom. The quantitative estimate of drug-likeness (QED) is 0.877. The molecule has 0 aliphatic carbocycles. The molecule has 3 fully saturated rings. The first kappa shape index (κ1) is 18.4. The third kappa shape index (κ3) is 3.35. The summed E-state index contributed by atoms with van der Waals surface area (Å²) >= 11 is 0. The van der Waals surface area contributed by atoms with Crippen molar-refractivity contribution in [1.82, 2.24) is 20.1 Å². The summed E-state index contributed by atoms with van der Waals surface area (Å²) in [7, 11) is 0. The Kier molecular flexibility index (Phi) is 4.93. The van der Waals surface area contributed by atoms with Crippen molar-refractivity contribution in [2.75, 3.05) is 32.7 Å². The molecule has 0 saturated carbocycles. The van der Waals surface area contributed by atoms with Gasteiger partial charge in [-0.15, -0.1) is 0 Å². The van der Waals surface area contributed by atoms with E-state index in [4.69, 9.17) is 0 Å². The smallest absolute Gasteiger partial charge is 0.253 e. The van der Waals surface area contributed by atoms with Gasteiger partial charge in [0.05, 0.1) is 5.92 Å². The lowest BCUT2D eigenvalue weighted by Crippen LogP contribution is -2.56. The number of fused-ring (bicyclic) bond motifs is 2. The molecule has 4 rings (SSSR count). The Bertz CT molecular complexity index is 699. The summed E-state index contributed by atoms with van der Waals surface area (Å²) in [4.78, 5) is 33.7. The minimum atomic E-state index is -0.124. The maximum absolute atomic E-state index is 12.7. The third-order valence-corrected chi connectivity index (χ3v) is 6.95. The number of carbonyl (C=O) groups excluding carboxylic acids is 2. The number of pyridine rings is 1. The number of hydrogen-bond donors (Lipinski definition) is 1. The highest BCUT2D eigenvalue weighted by molar-refractivity contribution is 5.94. The molecule has 1 unspecified atom stereocenters. The Balaban J connectivity index is 1.42. The van der Waals surface area contributed by atoms with Gasteiger partial charge < -0.3 is 15.1 Å². The van der Waals surface area contributed by atoms with Crippen LogP contribution in [0, 0.1) is 17.8 Å². The van der Waals surface area contributed by atoms with Crippen molar-refractivity contribution in [2.45, 2.75) is 38.6 Å². The molecule has 3 aliphatic rings. The maximum atomic E-state index is 12.7. The summed E-state index contributed by atoms with van der Waals surface area (Å²) in [5.74, 6) is 1.46. The van der Waals surface area contributed by atoms with E-state index in [1.807, 2.05) is 4.90 Å². The molecule has 1 aromatic rings. The van der Waals surface area contributed by atoms with Crippen LogP contribution in [0.4, 0.5) is 0 Å². The van der Waals surface area contributed by atoms with E-state index < -0.39 is 0 Å². The van der Waals surface area contributed by atoms with Crippen LogP contribution in [0.15, 0.2) is 24.5 Å². The lowest BCUT2D eigenvalue weighted by atomic mass is 9.75. The molecule has 1 spiro atoms. The van der Waals surface area contributed by atoms with E-state index in [1.165, 1.54) is 6.42 Å². The van der Waals surface area contributed by atoms with Gasteiger partial charge in [0.2, 0.25) is 5.91 Å². The van der Waals surface area contributed by atoms with Crippen molar-refractivity contribution in [1.29, 1.82) is 0 Å². The molecule has 4 heterocycles. The Labute approximate surface area is 161 Å². The monoisotopic (exact) mass is 370 g/mol. The molecule has 3 saturated heterocycles. The molecule has 1 N–H and O–H groups in total. The van der Waals surface area contributed by atoms with Crippen LogP contribution < -0.4 is 5.32 Å². The van der Waals surface area contributed by atoms with Crippen LogP contribution in [-0.2, 0) is 4.79 Å². The number of hydrogen-bond acceptors (Lipinski definition) is 4. The summed E-state index contributed by atoms with van der Waals surface area (Å²) in [6.45, 7) is 8.90. The second-order valence-corrected chi connectivity index (χ2v) is 8.62. The zero-order valence-electron chi connectivity index (χ0n) is 16.4. The van der Waals surface area contributed by atoms with Gasteiger partial charge in [-0.1, -0.05) is 20.3 Å². The van der Waals surface area contributed by atoms with Crippen LogP contribution in [0.25, 0.3) is 0 Å². The Morgan fingerprint density at radius 3 is 2.67 bits per heavy atom. The molecule has 3 atom stereocenters. The predicted molar refractivity (Wildman–Crippen MR) is 103 cm³/mol. The van der Waals surface area contributed by atoms with Gasteiger partial charge in [0, 0.05) is 62.1 Å². The molecular weight excluding hydrogens is 340 g/mol. The lowest BCUT2D eigenvalue weighted by molar-refractivity contribution is -0.123. The molecule has 0 bridgehead atoms. The second kappa shape index (κ2) is 7.23. The van der Waals surface area contributed by atoms with Crippen LogP contribution in [0.1, 0.15) is 43.5 Å². The Hall–Kier alpha value is -1.95. The fourth-order valence-corrected chi connectivity index (χ4v) is 5.14. The highest BCUT2D eigenvalue weighted by Crippen LogP contribution is 2.44. The minimum Gasteiger partial charge on any atom is -0.350 e. The fourth-order valence-electron chi connectivity index (χ4n) is 5.14. The number of carbonyl (C=O) groups is 2. The first-order valence-corrected chi connectivity index (χ1v) is 10.3. The van der Waals surface area contributed by atoms with Gasteiger partial charge >= 0.3 is 0 Å².